The number of rotatable bonds is 9. The number of carbonyl (C=O) groups excluding carboxylic acids is 1. The molecule has 1 saturated heterocycles. The van der Waals surface area contributed by atoms with E-state index in [4.69, 9.17) is 23.9 Å². The fourth-order valence-electron chi connectivity index (χ4n) is 4.31. The fourth-order valence-corrected chi connectivity index (χ4v) is 4.31. The number of aromatic amines is 1. The molecule has 0 saturated carbocycles. The first-order valence-corrected chi connectivity index (χ1v) is 12.2. The summed E-state index contributed by atoms with van der Waals surface area (Å²) in [4.78, 5) is 41.1. The van der Waals surface area contributed by atoms with Crippen molar-refractivity contribution in [3.63, 3.8) is 0 Å². The van der Waals surface area contributed by atoms with Gasteiger partial charge in [-0.05, 0) is 26.0 Å². The van der Waals surface area contributed by atoms with Crippen molar-refractivity contribution < 1.29 is 23.7 Å². The number of pyridine rings is 1. The van der Waals surface area contributed by atoms with E-state index in [1.807, 2.05) is 0 Å². The molecular formula is C26H33N5O6. The molecule has 1 aliphatic rings. The normalized spacial score (nSPS) is 14.2. The molecule has 2 aromatic heterocycles. The summed E-state index contributed by atoms with van der Waals surface area (Å²) >= 11 is 0. The number of piperazine rings is 1. The van der Waals surface area contributed by atoms with Gasteiger partial charge in [-0.3, -0.25) is 14.5 Å². The zero-order valence-electron chi connectivity index (χ0n) is 21.9. The van der Waals surface area contributed by atoms with Crippen LogP contribution in [0, 0.1) is 0 Å². The monoisotopic (exact) mass is 511 g/mol. The summed E-state index contributed by atoms with van der Waals surface area (Å²) in [7, 11) is 3.04. The molecule has 37 heavy (non-hydrogen) atoms. The Balaban J connectivity index is 1.71. The minimum Gasteiger partial charge on any atom is -0.497 e. The molecule has 0 aliphatic carbocycles. The van der Waals surface area contributed by atoms with Gasteiger partial charge in [0.25, 0.3) is 5.56 Å². The SMILES string of the molecule is COc1cc(OC)c2c(=O)[nH]c(-c3ccc(OCCOC(C)=O)c(N4CCN(C(C)C)CC4)n3)nc2c1. The van der Waals surface area contributed by atoms with Crippen LogP contribution in [0.3, 0.4) is 0 Å². The maximum Gasteiger partial charge on any atom is 0.302 e. The van der Waals surface area contributed by atoms with Crippen LogP contribution in [0.4, 0.5) is 5.82 Å². The molecule has 1 aromatic carbocycles. The predicted molar refractivity (Wildman–Crippen MR) is 140 cm³/mol. The van der Waals surface area contributed by atoms with Crippen LogP contribution >= 0.6 is 0 Å². The van der Waals surface area contributed by atoms with Crippen LogP contribution < -0.4 is 24.7 Å². The van der Waals surface area contributed by atoms with Gasteiger partial charge in [-0.15, -0.1) is 0 Å². The summed E-state index contributed by atoms with van der Waals surface area (Å²) in [6.07, 6.45) is 0. The van der Waals surface area contributed by atoms with Gasteiger partial charge in [-0.2, -0.15) is 0 Å². The number of nitrogens with zero attached hydrogens (tertiary/aromatic N) is 4. The number of fused-ring (bicyclic) bond motifs is 1. The van der Waals surface area contributed by atoms with Crippen molar-refractivity contribution in [1.29, 1.82) is 0 Å². The van der Waals surface area contributed by atoms with Gasteiger partial charge < -0.3 is 28.8 Å². The summed E-state index contributed by atoms with van der Waals surface area (Å²) in [6, 6.07) is 7.35. The number of ether oxygens (including phenoxy) is 4. The van der Waals surface area contributed by atoms with Crippen molar-refractivity contribution in [3.8, 4) is 28.8 Å². The molecule has 0 unspecified atom stereocenters. The van der Waals surface area contributed by atoms with Gasteiger partial charge in [-0.1, -0.05) is 0 Å². The van der Waals surface area contributed by atoms with Crippen LogP contribution in [0.25, 0.3) is 22.4 Å². The van der Waals surface area contributed by atoms with E-state index in [2.05, 4.69) is 33.6 Å². The fraction of sp³-hybridized carbons (Fsp3) is 0.462. The number of carbonyl (C=O) groups is 1. The third-order valence-corrected chi connectivity index (χ3v) is 6.27. The van der Waals surface area contributed by atoms with Crippen molar-refractivity contribution >= 4 is 22.7 Å². The lowest BCUT2D eigenvalue weighted by molar-refractivity contribution is -0.141. The van der Waals surface area contributed by atoms with E-state index in [1.54, 1.807) is 31.4 Å². The second-order valence-electron chi connectivity index (χ2n) is 8.96. The number of aromatic nitrogens is 3. The van der Waals surface area contributed by atoms with Crippen molar-refractivity contribution in [1.82, 2.24) is 19.9 Å². The van der Waals surface area contributed by atoms with E-state index in [0.29, 0.717) is 51.5 Å². The molecule has 3 aromatic rings. The van der Waals surface area contributed by atoms with E-state index >= 15 is 0 Å². The Morgan fingerprint density at radius 1 is 1.03 bits per heavy atom. The Morgan fingerprint density at radius 2 is 1.78 bits per heavy atom. The van der Waals surface area contributed by atoms with E-state index in [0.717, 1.165) is 26.2 Å². The Morgan fingerprint density at radius 3 is 2.43 bits per heavy atom. The molecule has 4 rings (SSSR count). The maximum atomic E-state index is 13.0. The van der Waals surface area contributed by atoms with Crippen LogP contribution in [0.5, 0.6) is 17.2 Å². The molecule has 11 nitrogen and oxygen atoms in total. The quantitative estimate of drug-likeness (QED) is 0.339. The smallest absolute Gasteiger partial charge is 0.302 e. The number of methoxy groups -OCH3 is 2. The Hall–Kier alpha value is -3.86. The first kappa shape index (κ1) is 26.2. The second kappa shape index (κ2) is 11.5. The van der Waals surface area contributed by atoms with Gasteiger partial charge in [0, 0.05) is 51.3 Å². The number of esters is 1. The molecule has 3 heterocycles. The lowest BCUT2D eigenvalue weighted by atomic mass is 10.2. The highest BCUT2D eigenvalue weighted by Gasteiger charge is 2.24. The molecule has 11 heteroatoms. The molecule has 0 bridgehead atoms. The van der Waals surface area contributed by atoms with Gasteiger partial charge in [0.1, 0.15) is 35.8 Å². The zero-order valence-corrected chi connectivity index (χ0v) is 21.9. The highest BCUT2D eigenvalue weighted by Crippen LogP contribution is 2.32. The van der Waals surface area contributed by atoms with Crippen LogP contribution in [0.15, 0.2) is 29.1 Å². The summed E-state index contributed by atoms with van der Waals surface area (Å²) in [5, 5.41) is 0.336. The summed E-state index contributed by atoms with van der Waals surface area (Å²) < 4.78 is 21.7. The minimum atomic E-state index is -0.360. The van der Waals surface area contributed by atoms with E-state index in [1.165, 1.54) is 14.0 Å². The summed E-state index contributed by atoms with van der Waals surface area (Å²) in [6.45, 7) is 9.38. The van der Waals surface area contributed by atoms with Crippen LogP contribution in [0.1, 0.15) is 20.8 Å². The average Bonchev–Trinajstić information content (AvgIpc) is 2.90. The number of hydrogen-bond donors (Lipinski definition) is 1. The molecule has 1 aliphatic heterocycles. The lowest BCUT2D eigenvalue weighted by Gasteiger charge is -2.38. The lowest BCUT2D eigenvalue weighted by Crippen LogP contribution is -2.49. The summed E-state index contributed by atoms with van der Waals surface area (Å²) in [5.41, 5.74) is 0.593. The number of H-pyrrole nitrogens is 1. The molecule has 1 fully saturated rings. The molecule has 1 N–H and O–H groups in total. The maximum absolute atomic E-state index is 13.0. The highest BCUT2D eigenvalue weighted by atomic mass is 16.6. The average molecular weight is 512 g/mol. The molecule has 0 amide bonds. The molecular weight excluding hydrogens is 478 g/mol. The van der Waals surface area contributed by atoms with Crippen molar-refractivity contribution in [2.75, 3.05) is 58.5 Å². The standard InChI is InChI=1S/C26H33N5O6/c1-16(2)30-8-10-31(11-9-30)25-21(37-13-12-36-17(3)32)7-6-19(28-25)24-27-20-14-18(34-4)15-22(35-5)23(20)26(33)29-24/h6-7,14-16H,8-13H2,1-5H3,(H,27,29,33). The molecule has 198 valence electrons. The number of benzene rings is 1. The minimum absolute atomic E-state index is 0.140. The van der Waals surface area contributed by atoms with E-state index in [-0.39, 0.29) is 24.7 Å². The second-order valence-corrected chi connectivity index (χ2v) is 8.96. The summed E-state index contributed by atoms with van der Waals surface area (Å²) in [5.74, 6) is 2.09. The number of nitrogens with one attached hydrogen (secondary N) is 1. The van der Waals surface area contributed by atoms with Crippen LogP contribution in [-0.4, -0.2) is 85.5 Å². The van der Waals surface area contributed by atoms with Gasteiger partial charge in [0.2, 0.25) is 0 Å². The van der Waals surface area contributed by atoms with Gasteiger partial charge in [0.15, 0.2) is 17.4 Å². The Bertz CT molecular complexity index is 1320. The predicted octanol–water partition coefficient (Wildman–Crippen LogP) is 2.47. The van der Waals surface area contributed by atoms with Gasteiger partial charge in [-0.25, -0.2) is 9.97 Å². The highest BCUT2D eigenvalue weighted by molar-refractivity contribution is 5.87. The topological polar surface area (TPSA) is 119 Å². The number of anilines is 1. The van der Waals surface area contributed by atoms with Crippen LogP contribution in [0.2, 0.25) is 0 Å². The van der Waals surface area contributed by atoms with Crippen molar-refractivity contribution in [3.05, 3.63) is 34.6 Å². The molecule has 0 radical (unpaired) electrons. The largest absolute Gasteiger partial charge is 0.497 e. The van der Waals surface area contributed by atoms with Crippen molar-refractivity contribution in [2.24, 2.45) is 0 Å². The zero-order chi connectivity index (χ0) is 26.5. The van der Waals surface area contributed by atoms with Crippen LogP contribution in [-0.2, 0) is 9.53 Å². The molecule has 0 atom stereocenters. The Kier molecular flexibility index (Phi) is 8.12. The first-order chi connectivity index (χ1) is 17.8. The third-order valence-electron chi connectivity index (χ3n) is 6.27. The van der Waals surface area contributed by atoms with Gasteiger partial charge >= 0.3 is 5.97 Å². The first-order valence-electron chi connectivity index (χ1n) is 12.2. The van der Waals surface area contributed by atoms with E-state index < -0.39 is 0 Å². The third kappa shape index (κ3) is 5.93. The van der Waals surface area contributed by atoms with Crippen molar-refractivity contribution in [2.45, 2.75) is 26.8 Å². The van der Waals surface area contributed by atoms with Gasteiger partial charge in [0.05, 0.1) is 19.7 Å². The number of hydrogen-bond acceptors (Lipinski definition) is 10. The molecule has 0 spiro atoms. The van der Waals surface area contributed by atoms with E-state index in [9.17, 15) is 9.59 Å². The Labute approximate surface area is 215 Å².